The van der Waals surface area contributed by atoms with Crippen LogP contribution in [0.4, 0.5) is 14.5 Å². The summed E-state index contributed by atoms with van der Waals surface area (Å²) in [7, 11) is 0. The molecule has 8 heteroatoms. The summed E-state index contributed by atoms with van der Waals surface area (Å²) in [5, 5.41) is 11.5. The molecule has 0 saturated heterocycles. The Bertz CT molecular complexity index is 1050. The van der Waals surface area contributed by atoms with E-state index >= 15 is 0 Å². The second kappa shape index (κ2) is 8.27. The second-order valence-electron chi connectivity index (χ2n) is 6.85. The SMILES string of the molecule is Cc1cc(/C=C(\C#N)C(=O)OCC(=O)Nc2ccc(F)cc2F)c(C)n1C1CC1. The zero-order valence-corrected chi connectivity index (χ0v) is 16.0. The number of halogens is 2. The topological polar surface area (TPSA) is 84.1 Å². The lowest BCUT2D eigenvalue weighted by Gasteiger charge is -2.08. The summed E-state index contributed by atoms with van der Waals surface area (Å²) in [4.78, 5) is 24.0. The summed E-state index contributed by atoms with van der Waals surface area (Å²) >= 11 is 0. The van der Waals surface area contributed by atoms with E-state index in [1.54, 1.807) is 6.07 Å². The lowest BCUT2D eigenvalue weighted by atomic mass is 10.1. The first-order valence-corrected chi connectivity index (χ1v) is 9.02. The Hall–Kier alpha value is -3.47. The quantitative estimate of drug-likeness (QED) is 0.455. The number of nitrogens with one attached hydrogen (secondary N) is 1. The Balaban J connectivity index is 1.64. The van der Waals surface area contributed by atoms with Gasteiger partial charge in [0.25, 0.3) is 5.91 Å². The summed E-state index contributed by atoms with van der Waals surface area (Å²) < 4.78 is 33.5. The van der Waals surface area contributed by atoms with E-state index in [4.69, 9.17) is 4.74 Å². The van der Waals surface area contributed by atoms with Gasteiger partial charge in [0.05, 0.1) is 5.69 Å². The van der Waals surface area contributed by atoms with E-state index in [9.17, 15) is 23.6 Å². The molecule has 1 aliphatic rings. The minimum Gasteiger partial charge on any atom is -0.451 e. The number of hydrogen-bond acceptors (Lipinski definition) is 4. The number of benzene rings is 1. The number of hydrogen-bond donors (Lipinski definition) is 1. The molecule has 0 radical (unpaired) electrons. The Morgan fingerprint density at radius 3 is 2.66 bits per heavy atom. The van der Waals surface area contributed by atoms with Gasteiger partial charge in [-0.2, -0.15) is 5.26 Å². The molecule has 1 aliphatic carbocycles. The van der Waals surface area contributed by atoms with Gasteiger partial charge in [-0.05, 0) is 56.5 Å². The molecule has 1 heterocycles. The smallest absolute Gasteiger partial charge is 0.349 e. The summed E-state index contributed by atoms with van der Waals surface area (Å²) in [6, 6.07) is 6.80. The Morgan fingerprint density at radius 1 is 1.31 bits per heavy atom. The van der Waals surface area contributed by atoms with Crippen molar-refractivity contribution in [2.45, 2.75) is 32.7 Å². The largest absolute Gasteiger partial charge is 0.451 e. The molecule has 6 nitrogen and oxygen atoms in total. The number of esters is 1. The molecule has 1 N–H and O–H groups in total. The van der Waals surface area contributed by atoms with E-state index < -0.39 is 30.1 Å². The normalized spacial score (nSPS) is 13.7. The van der Waals surface area contributed by atoms with Crippen molar-refractivity contribution in [3.05, 3.63) is 58.4 Å². The summed E-state index contributed by atoms with van der Waals surface area (Å²) in [6.07, 6.45) is 3.65. The van der Waals surface area contributed by atoms with Gasteiger partial charge >= 0.3 is 5.97 Å². The molecular formula is C21H19F2N3O3. The zero-order chi connectivity index (χ0) is 21.1. The van der Waals surface area contributed by atoms with E-state index in [0.29, 0.717) is 12.1 Å². The molecule has 0 spiro atoms. The molecule has 0 atom stereocenters. The van der Waals surface area contributed by atoms with E-state index in [1.807, 2.05) is 19.9 Å². The molecule has 0 aliphatic heterocycles. The first-order chi connectivity index (χ1) is 13.8. The van der Waals surface area contributed by atoms with Crippen molar-refractivity contribution in [3.63, 3.8) is 0 Å². The summed E-state index contributed by atoms with van der Waals surface area (Å²) in [5.74, 6) is -3.50. The van der Waals surface area contributed by atoms with Crippen molar-refractivity contribution in [2.75, 3.05) is 11.9 Å². The van der Waals surface area contributed by atoms with Crippen LogP contribution in [0, 0.1) is 36.8 Å². The minimum absolute atomic E-state index is 0.240. The van der Waals surface area contributed by atoms with Crippen LogP contribution in [0.2, 0.25) is 0 Å². The Morgan fingerprint density at radius 2 is 2.03 bits per heavy atom. The van der Waals surface area contributed by atoms with Crippen molar-refractivity contribution in [2.24, 2.45) is 0 Å². The van der Waals surface area contributed by atoms with Crippen molar-refractivity contribution in [1.82, 2.24) is 4.57 Å². The highest BCUT2D eigenvalue weighted by molar-refractivity contribution is 6.00. The number of aryl methyl sites for hydroxylation is 1. The number of anilines is 1. The van der Waals surface area contributed by atoms with Gasteiger partial charge in [0.2, 0.25) is 0 Å². The van der Waals surface area contributed by atoms with Gasteiger partial charge in [-0.1, -0.05) is 0 Å². The molecule has 2 aromatic rings. The standard InChI is InChI=1S/C21H19F2N3O3/c1-12-7-14(13(2)26(12)17-4-5-17)8-15(10-24)21(28)29-11-20(27)25-19-6-3-16(22)9-18(19)23/h3,6-9,17H,4-5,11H2,1-2H3,(H,25,27)/b15-8+. The van der Waals surface area contributed by atoms with E-state index in [2.05, 4.69) is 9.88 Å². The third-order valence-corrected chi connectivity index (χ3v) is 4.62. The summed E-state index contributed by atoms with van der Waals surface area (Å²) in [5.41, 5.74) is 2.25. The first kappa shape index (κ1) is 20.3. The van der Waals surface area contributed by atoms with Crippen molar-refractivity contribution >= 4 is 23.6 Å². The molecule has 0 unspecified atom stereocenters. The van der Waals surface area contributed by atoms with Crippen LogP contribution >= 0.6 is 0 Å². The fourth-order valence-electron chi connectivity index (χ4n) is 3.12. The molecule has 150 valence electrons. The minimum atomic E-state index is -0.960. The molecule has 3 rings (SSSR count). The van der Waals surface area contributed by atoms with Gasteiger partial charge in [-0.15, -0.1) is 0 Å². The van der Waals surface area contributed by atoms with Crippen LogP contribution in [0.1, 0.15) is 35.8 Å². The molecule has 1 aromatic heterocycles. The van der Waals surface area contributed by atoms with E-state index in [1.165, 1.54) is 6.08 Å². The molecular weight excluding hydrogens is 380 g/mol. The van der Waals surface area contributed by atoms with Crippen LogP contribution in [0.5, 0.6) is 0 Å². The molecule has 1 saturated carbocycles. The number of aromatic nitrogens is 1. The maximum Gasteiger partial charge on any atom is 0.349 e. The lowest BCUT2D eigenvalue weighted by molar-refractivity contribution is -0.142. The Kier molecular flexibility index (Phi) is 5.78. The van der Waals surface area contributed by atoms with Crippen LogP contribution in [0.3, 0.4) is 0 Å². The zero-order valence-electron chi connectivity index (χ0n) is 16.0. The highest BCUT2D eigenvalue weighted by Crippen LogP contribution is 2.38. The number of nitrogens with zero attached hydrogens (tertiary/aromatic N) is 2. The third-order valence-electron chi connectivity index (χ3n) is 4.62. The van der Waals surface area contributed by atoms with Gasteiger partial charge in [0.15, 0.2) is 6.61 Å². The van der Waals surface area contributed by atoms with Crippen LogP contribution in [-0.2, 0) is 14.3 Å². The highest BCUT2D eigenvalue weighted by atomic mass is 19.1. The third kappa shape index (κ3) is 4.69. The van der Waals surface area contributed by atoms with E-state index in [-0.39, 0.29) is 11.3 Å². The van der Waals surface area contributed by atoms with Gasteiger partial charge < -0.3 is 14.6 Å². The molecule has 1 fully saturated rings. The highest BCUT2D eigenvalue weighted by Gasteiger charge is 2.27. The molecule has 1 amide bonds. The predicted molar refractivity (Wildman–Crippen MR) is 102 cm³/mol. The molecule has 29 heavy (non-hydrogen) atoms. The number of amides is 1. The van der Waals surface area contributed by atoms with E-state index in [0.717, 1.165) is 41.9 Å². The lowest BCUT2D eigenvalue weighted by Crippen LogP contribution is -2.22. The van der Waals surface area contributed by atoms with Crippen LogP contribution < -0.4 is 5.32 Å². The molecule has 0 bridgehead atoms. The fraction of sp³-hybridized carbons (Fsp3) is 0.286. The van der Waals surface area contributed by atoms with Crippen LogP contribution in [-0.4, -0.2) is 23.1 Å². The number of carbonyl (C=O) groups excluding carboxylic acids is 2. The summed E-state index contributed by atoms with van der Waals surface area (Å²) in [6.45, 7) is 3.17. The average molecular weight is 399 g/mol. The maximum absolute atomic E-state index is 13.6. The van der Waals surface area contributed by atoms with Gasteiger partial charge in [0.1, 0.15) is 23.3 Å². The van der Waals surface area contributed by atoms with Gasteiger partial charge in [-0.25, -0.2) is 13.6 Å². The van der Waals surface area contributed by atoms with Crippen molar-refractivity contribution < 1.29 is 23.1 Å². The molecule has 1 aromatic carbocycles. The van der Waals surface area contributed by atoms with Gasteiger partial charge in [-0.3, -0.25) is 4.79 Å². The number of rotatable bonds is 6. The number of ether oxygens (including phenoxy) is 1. The van der Waals surface area contributed by atoms with Gasteiger partial charge in [0, 0.05) is 23.5 Å². The average Bonchev–Trinajstić information content (AvgIpc) is 3.46. The fourth-order valence-corrected chi connectivity index (χ4v) is 3.12. The van der Waals surface area contributed by atoms with Crippen LogP contribution in [0.25, 0.3) is 6.08 Å². The Labute approximate surface area is 166 Å². The second-order valence-corrected chi connectivity index (χ2v) is 6.85. The maximum atomic E-state index is 13.6. The van der Waals surface area contributed by atoms with Crippen LogP contribution in [0.15, 0.2) is 29.8 Å². The first-order valence-electron chi connectivity index (χ1n) is 9.02. The van der Waals surface area contributed by atoms with Crippen molar-refractivity contribution in [3.8, 4) is 6.07 Å². The number of nitriles is 1. The van der Waals surface area contributed by atoms with Crippen molar-refractivity contribution in [1.29, 1.82) is 5.26 Å². The number of carbonyl (C=O) groups is 2. The predicted octanol–water partition coefficient (Wildman–Crippen LogP) is 3.81. The monoisotopic (exact) mass is 399 g/mol.